The minimum Gasteiger partial charge on any atom is -0.350 e. The maximum atomic E-state index is 13.5. The Morgan fingerprint density at radius 1 is 1.00 bits per heavy atom. The smallest absolute Gasteiger partial charge is 0.294 e. The van der Waals surface area contributed by atoms with Gasteiger partial charge in [-0.25, -0.2) is 4.98 Å². The molecule has 0 atom stereocenters. The number of rotatable bonds is 4. The van der Waals surface area contributed by atoms with Crippen molar-refractivity contribution in [1.29, 1.82) is 0 Å². The van der Waals surface area contributed by atoms with E-state index in [-0.39, 0.29) is 22.2 Å². The highest BCUT2D eigenvalue weighted by molar-refractivity contribution is 6.30. The fourth-order valence-corrected chi connectivity index (χ4v) is 4.16. The molecule has 7 nitrogen and oxygen atoms in total. The SMILES string of the molecule is Cn1cc(/C=C/c2nc3ccccc3c(=O)n2-c2ccc(Cl)cc2[N+](=O)[O-])c2ccccc21. The second-order valence-electron chi connectivity index (χ2n) is 7.56. The number of nitrogens with zero attached hydrogens (tertiary/aromatic N) is 4. The zero-order valence-corrected chi connectivity index (χ0v) is 18.2. The summed E-state index contributed by atoms with van der Waals surface area (Å²) in [5.41, 5.74) is 1.94. The van der Waals surface area contributed by atoms with Crippen molar-refractivity contribution in [3.63, 3.8) is 0 Å². The summed E-state index contributed by atoms with van der Waals surface area (Å²) in [5.74, 6) is 0.275. The molecule has 0 radical (unpaired) electrons. The van der Waals surface area contributed by atoms with Crippen LogP contribution in [0.15, 0.2) is 77.7 Å². The molecule has 3 aromatic carbocycles. The molecule has 33 heavy (non-hydrogen) atoms. The van der Waals surface area contributed by atoms with Gasteiger partial charge in [0, 0.05) is 40.8 Å². The van der Waals surface area contributed by atoms with Crippen molar-refractivity contribution in [2.24, 2.45) is 7.05 Å². The summed E-state index contributed by atoms with van der Waals surface area (Å²) in [6.45, 7) is 0. The first-order valence-corrected chi connectivity index (χ1v) is 10.5. The van der Waals surface area contributed by atoms with Crippen LogP contribution in [-0.2, 0) is 7.05 Å². The Kier molecular flexibility index (Phi) is 5.03. The third-order valence-electron chi connectivity index (χ3n) is 5.52. The highest BCUT2D eigenvalue weighted by atomic mass is 35.5. The summed E-state index contributed by atoms with van der Waals surface area (Å²) < 4.78 is 3.28. The summed E-state index contributed by atoms with van der Waals surface area (Å²) in [6, 6.07) is 19.1. The van der Waals surface area contributed by atoms with Gasteiger partial charge in [0.15, 0.2) is 0 Å². The summed E-state index contributed by atoms with van der Waals surface area (Å²) in [6.07, 6.45) is 5.54. The van der Waals surface area contributed by atoms with Gasteiger partial charge >= 0.3 is 0 Å². The van der Waals surface area contributed by atoms with Crippen LogP contribution in [0, 0.1) is 10.1 Å². The number of nitro groups is 1. The predicted octanol–water partition coefficient (Wildman–Crippen LogP) is 5.61. The Morgan fingerprint density at radius 2 is 1.73 bits per heavy atom. The molecule has 0 N–H and O–H groups in total. The van der Waals surface area contributed by atoms with E-state index in [1.54, 1.807) is 30.3 Å². The Labute approximate surface area is 193 Å². The minimum absolute atomic E-state index is 0.102. The van der Waals surface area contributed by atoms with Crippen LogP contribution in [0.4, 0.5) is 5.69 Å². The Balaban J connectivity index is 1.78. The number of fused-ring (bicyclic) bond motifs is 2. The van der Waals surface area contributed by atoms with Crippen LogP contribution in [-0.4, -0.2) is 19.0 Å². The molecule has 8 heteroatoms. The minimum atomic E-state index is -0.555. The lowest BCUT2D eigenvalue weighted by Gasteiger charge is -2.12. The van der Waals surface area contributed by atoms with Crippen molar-refractivity contribution >= 4 is 51.2 Å². The molecule has 0 aliphatic heterocycles. The number of para-hydroxylation sites is 2. The van der Waals surface area contributed by atoms with Crippen LogP contribution in [0.2, 0.25) is 5.02 Å². The first kappa shape index (κ1) is 20.7. The van der Waals surface area contributed by atoms with Gasteiger partial charge in [-0.15, -0.1) is 0 Å². The predicted molar refractivity (Wildman–Crippen MR) is 131 cm³/mol. The topological polar surface area (TPSA) is 83.0 Å². The number of nitro benzene ring substituents is 1. The molecule has 162 valence electrons. The van der Waals surface area contributed by atoms with Gasteiger partial charge in [0.05, 0.1) is 15.8 Å². The zero-order valence-electron chi connectivity index (χ0n) is 17.5. The molecule has 5 rings (SSSR count). The molecule has 0 amide bonds. The molecule has 0 fully saturated rings. The van der Waals surface area contributed by atoms with E-state index >= 15 is 0 Å². The molecule has 0 unspecified atom stereocenters. The van der Waals surface area contributed by atoms with Gasteiger partial charge in [-0.2, -0.15) is 0 Å². The van der Waals surface area contributed by atoms with Crippen molar-refractivity contribution in [2.75, 3.05) is 0 Å². The molecule has 0 saturated heterocycles. The monoisotopic (exact) mass is 456 g/mol. The van der Waals surface area contributed by atoms with Crippen molar-refractivity contribution < 1.29 is 4.92 Å². The second kappa shape index (κ2) is 8.03. The summed E-state index contributed by atoms with van der Waals surface area (Å²) in [5, 5.41) is 13.4. The van der Waals surface area contributed by atoms with Gasteiger partial charge < -0.3 is 4.57 Å². The Hall–Kier alpha value is -4.23. The van der Waals surface area contributed by atoms with Gasteiger partial charge in [-0.1, -0.05) is 41.9 Å². The molecule has 0 aliphatic carbocycles. The summed E-state index contributed by atoms with van der Waals surface area (Å²) in [4.78, 5) is 29.3. The fraction of sp³-hybridized carbons (Fsp3) is 0.0400. The van der Waals surface area contributed by atoms with Crippen molar-refractivity contribution in [2.45, 2.75) is 0 Å². The van der Waals surface area contributed by atoms with Gasteiger partial charge in [0.2, 0.25) is 0 Å². The first-order valence-electron chi connectivity index (χ1n) is 10.1. The average molecular weight is 457 g/mol. The number of hydrogen-bond acceptors (Lipinski definition) is 4. The standard InChI is InChI=1S/C25H17ClN4O3/c1-28-15-16(18-6-3-5-9-21(18)28)10-13-24-27-20-8-4-2-7-19(20)25(31)29(24)22-12-11-17(26)14-23(22)30(32)33/h2-15H,1H3/b13-10+. The molecule has 0 saturated carbocycles. The number of benzene rings is 3. The van der Waals surface area contributed by atoms with Crippen LogP contribution in [0.1, 0.15) is 11.4 Å². The van der Waals surface area contributed by atoms with Crippen LogP contribution >= 0.6 is 11.6 Å². The maximum Gasteiger partial charge on any atom is 0.294 e. The highest BCUT2D eigenvalue weighted by Gasteiger charge is 2.21. The molecular formula is C25H17ClN4O3. The van der Waals surface area contributed by atoms with Crippen molar-refractivity contribution in [3.05, 3.63) is 110 Å². The summed E-state index contributed by atoms with van der Waals surface area (Å²) >= 11 is 6.00. The first-order chi connectivity index (χ1) is 15.9. The average Bonchev–Trinajstić information content (AvgIpc) is 3.14. The van der Waals surface area contributed by atoms with E-state index in [2.05, 4.69) is 4.98 Å². The lowest BCUT2D eigenvalue weighted by molar-refractivity contribution is -0.384. The van der Waals surface area contributed by atoms with Gasteiger partial charge in [-0.05, 0) is 42.5 Å². The van der Waals surface area contributed by atoms with E-state index in [0.717, 1.165) is 16.5 Å². The molecule has 2 heterocycles. The molecule has 0 aliphatic rings. The van der Waals surface area contributed by atoms with Crippen molar-refractivity contribution in [1.82, 2.24) is 14.1 Å². The molecular weight excluding hydrogens is 440 g/mol. The van der Waals surface area contributed by atoms with Crippen LogP contribution < -0.4 is 5.56 Å². The maximum absolute atomic E-state index is 13.5. The number of aromatic nitrogens is 3. The third-order valence-corrected chi connectivity index (χ3v) is 5.75. The van der Waals surface area contributed by atoms with E-state index in [9.17, 15) is 14.9 Å². The molecule has 0 spiro atoms. The highest BCUT2D eigenvalue weighted by Crippen LogP contribution is 2.28. The lowest BCUT2D eigenvalue weighted by Crippen LogP contribution is -2.23. The van der Waals surface area contributed by atoms with E-state index in [1.807, 2.05) is 48.2 Å². The lowest BCUT2D eigenvalue weighted by atomic mass is 10.1. The Bertz CT molecular complexity index is 1650. The number of hydrogen-bond donors (Lipinski definition) is 0. The van der Waals surface area contributed by atoms with Crippen LogP contribution in [0.3, 0.4) is 0 Å². The van der Waals surface area contributed by atoms with Gasteiger partial charge in [-0.3, -0.25) is 19.5 Å². The van der Waals surface area contributed by atoms with Gasteiger partial charge in [0.1, 0.15) is 11.5 Å². The molecule has 5 aromatic rings. The van der Waals surface area contributed by atoms with E-state index < -0.39 is 10.5 Å². The van der Waals surface area contributed by atoms with E-state index in [1.165, 1.54) is 22.8 Å². The Morgan fingerprint density at radius 3 is 2.52 bits per heavy atom. The second-order valence-corrected chi connectivity index (χ2v) is 8.00. The largest absolute Gasteiger partial charge is 0.350 e. The third kappa shape index (κ3) is 3.58. The van der Waals surface area contributed by atoms with Crippen LogP contribution in [0.25, 0.3) is 39.6 Å². The van der Waals surface area contributed by atoms with Crippen molar-refractivity contribution in [3.8, 4) is 5.69 Å². The van der Waals surface area contributed by atoms with E-state index in [4.69, 9.17) is 11.6 Å². The fourth-order valence-electron chi connectivity index (χ4n) is 4.00. The van der Waals surface area contributed by atoms with Gasteiger partial charge in [0.25, 0.3) is 11.2 Å². The van der Waals surface area contributed by atoms with Crippen LogP contribution in [0.5, 0.6) is 0 Å². The summed E-state index contributed by atoms with van der Waals surface area (Å²) in [7, 11) is 1.96. The molecule has 2 aromatic heterocycles. The number of aryl methyl sites for hydroxylation is 1. The molecule has 0 bridgehead atoms. The zero-order chi connectivity index (χ0) is 23.1. The normalized spacial score (nSPS) is 11.6. The van der Waals surface area contributed by atoms with E-state index in [0.29, 0.717) is 10.9 Å². The quantitative estimate of drug-likeness (QED) is 0.260. The number of halogens is 1.